The highest BCUT2D eigenvalue weighted by atomic mass is 16.4. The van der Waals surface area contributed by atoms with E-state index in [1.54, 1.807) is 12.3 Å². The molecule has 2 aliphatic heterocycles. The minimum absolute atomic E-state index is 0.0382. The Kier molecular flexibility index (Phi) is 2.91. The van der Waals surface area contributed by atoms with Gasteiger partial charge in [0.15, 0.2) is 5.89 Å². The van der Waals surface area contributed by atoms with Crippen LogP contribution in [0.15, 0.2) is 33.6 Å². The second-order valence-electron chi connectivity index (χ2n) is 6.59. The lowest BCUT2D eigenvalue weighted by Gasteiger charge is -2.50. The summed E-state index contributed by atoms with van der Waals surface area (Å²) in [6.07, 6.45) is 4.81. The Morgan fingerprint density at radius 1 is 1.41 bits per heavy atom. The number of hydrogen-bond acceptors (Lipinski definition) is 5. The molecular formula is C16H19N3O3. The van der Waals surface area contributed by atoms with E-state index in [4.69, 9.17) is 8.83 Å². The summed E-state index contributed by atoms with van der Waals surface area (Å²) in [5.41, 5.74) is 0.676. The van der Waals surface area contributed by atoms with Crippen LogP contribution in [-0.2, 0) is 0 Å². The number of nitrogens with zero attached hydrogens (tertiary/aromatic N) is 3. The Morgan fingerprint density at radius 3 is 2.86 bits per heavy atom. The van der Waals surface area contributed by atoms with Crippen molar-refractivity contribution in [2.24, 2.45) is 5.41 Å². The van der Waals surface area contributed by atoms with Crippen molar-refractivity contribution in [2.75, 3.05) is 33.2 Å². The van der Waals surface area contributed by atoms with Crippen LogP contribution in [0.2, 0.25) is 0 Å². The molecule has 0 aromatic carbocycles. The van der Waals surface area contributed by atoms with Crippen LogP contribution in [-0.4, -0.2) is 53.9 Å². The van der Waals surface area contributed by atoms with Gasteiger partial charge in [0, 0.05) is 31.6 Å². The topological polar surface area (TPSA) is 62.7 Å². The number of rotatable bonds is 2. The first-order chi connectivity index (χ1) is 10.6. The minimum atomic E-state index is 0.0382. The van der Waals surface area contributed by atoms with E-state index in [1.165, 1.54) is 12.5 Å². The predicted molar refractivity (Wildman–Crippen MR) is 78.5 cm³/mol. The summed E-state index contributed by atoms with van der Waals surface area (Å²) in [7, 11) is 2.11. The van der Waals surface area contributed by atoms with Gasteiger partial charge >= 0.3 is 0 Å². The summed E-state index contributed by atoms with van der Waals surface area (Å²) in [4.78, 5) is 21.0. The minimum Gasteiger partial charge on any atom is -0.472 e. The molecule has 2 aromatic heterocycles. The Balaban J connectivity index is 1.53. The fraction of sp³-hybridized carbons (Fsp3) is 0.500. The largest absolute Gasteiger partial charge is 0.472 e. The number of amides is 1. The van der Waals surface area contributed by atoms with Gasteiger partial charge in [-0.3, -0.25) is 4.79 Å². The SMILES string of the molecule is Cc1cnc(C2CN(C)CC23CN(C(=O)c2ccoc2)C3)o1. The number of carbonyl (C=O) groups is 1. The maximum atomic E-state index is 12.4. The van der Waals surface area contributed by atoms with E-state index in [0.29, 0.717) is 5.56 Å². The van der Waals surface area contributed by atoms with Crippen molar-refractivity contribution in [1.82, 2.24) is 14.8 Å². The van der Waals surface area contributed by atoms with Crippen molar-refractivity contribution < 1.29 is 13.6 Å². The molecule has 6 heteroatoms. The summed E-state index contributed by atoms with van der Waals surface area (Å²) in [6.45, 7) is 5.29. The number of aromatic nitrogens is 1. The first-order valence-corrected chi connectivity index (χ1v) is 7.50. The van der Waals surface area contributed by atoms with Gasteiger partial charge in [-0.2, -0.15) is 0 Å². The highest BCUT2D eigenvalue weighted by Gasteiger charge is 2.56. The van der Waals surface area contributed by atoms with E-state index in [-0.39, 0.29) is 17.2 Å². The second kappa shape index (κ2) is 4.71. The molecule has 6 nitrogen and oxygen atoms in total. The number of aryl methyl sites for hydroxylation is 1. The summed E-state index contributed by atoms with van der Waals surface area (Å²) in [5, 5.41) is 0. The van der Waals surface area contributed by atoms with Gasteiger partial charge in [-0.05, 0) is 20.0 Å². The van der Waals surface area contributed by atoms with Gasteiger partial charge in [0.1, 0.15) is 12.0 Å². The number of likely N-dealkylation sites (N-methyl/N-ethyl adjacent to an activating group) is 1. The molecular weight excluding hydrogens is 282 g/mol. The molecule has 2 fully saturated rings. The Morgan fingerprint density at radius 2 is 2.23 bits per heavy atom. The lowest BCUT2D eigenvalue weighted by atomic mass is 9.71. The zero-order valence-electron chi connectivity index (χ0n) is 12.8. The van der Waals surface area contributed by atoms with Crippen molar-refractivity contribution in [2.45, 2.75) is 12.8 Å². The van der Waals surface area contributed by atoms with E-state index in [2.05, 4.69) is 16.9 Å². The summed E-state index contributed by atoms with van der Waals surface area (Å²) < 4.78 is 10.8. The fourth-order valence-electron chi connectivity index (χ4n) is 3.84. The van der Waals surface area contributed by atoms with E-state index < -0.39 is 0 Å². The number of likely N-dealkylation sites (tertiary alicyclic amines) is 2. The average molecular weight is 301 g/mol. The van der Waals surface area contributed by atoms with Gasteiger partial charge in [0.2, 0.25) is 0 Å². The molecule has 116 valence electrons. The number of hydrogen-bond donors (Lipinski definition) is 0. The van der Waals surface area contributed by atoms with Crippen LogP contribution in [0, 0.1) is 12.3 Å². The van der Waals surface area contributed by atoms with Crippen LogP contribution in [0.4, 0.5) is 0 Å². The first kappa shape index (κ1) is 13.6. The van der Waals surface area contributed by atoms with Gasteiger partial charge in [-0.15, -0.1) is 0 Å². The first-order valence-electron chi connectivity index (χ1n) is 7.50. The van der Waals surface area contributed by atoms with Crippen molar-refractivity contribution >= 4 is 5.91 Å². The van der Waals surface area contributed by atoms with Crippen LogP contribution in [0.1, 0.15) is 27.9 Å². The standard InChI is InChI=1S/C16H19N3O3/c1-11-5-17-14(22-11)13-6-18(2)8-16(13)9-19(10-16)15(20)12-3-4-21-7-12/h3-5,7,13H,6,8-10H2,1-2H3. The molecule has 0 N–H and O–H groups in total. The zero-order valence-corrected chi connectivity index (χ0v) is 12.8. The molecule has 1 atom stereocenters. The third kappa shape index (κ3) is 1.98. The highest BCUT2D eigenvalue weighted by molar-refractivity contribution is 5.94. The Bertz CT molecular complexity index is 685. The second-order valence-corrected chi connectivity index (χ2v) is 6.59. The Hall–Kier alpha value is -2.08. The van der Waals surface area contributed by atoms with E-state index in [1.807, 2.05) is 11.8 Å². The smallest absolute Gasteiger partial charge is 0.257 e. The number of furan rings is 1. The molecule has 1 amide bonds. The molecule has 2 saturated heterocycles. The van der Waals surface area contributed by atoms with Gasteiger partial charge in [0.05, 0.1) is 23.9 Å². The molecule has 0 saturated carbocycles. The number of carbonyl (C=O) groups excluding carboxylic acids is 1. The van der Waals surface area contributed by atoms with E-state index in [9.17, 15) is 4.79 Å². The molecule has 1 unspecified atom stereocenters. The summed E-state index contributed by atoms with van der Waals surface area (Å²) >= 11 is 0. The van der Waals surface area contributed by atoms with Gasteiger partial charge in [0.25, 0.3) is 5.91 Å². The lowest BCUT2D eigenvalue weighted by Crippen LogP contribution is -2.61. The fourth-order valence-corrected chi connectivity index (χ4v) is 3.84. The van der Waals surface area contributed by atoms with Gasteiger partial charge < -0.3 is 18.6 Å². The van der Waals surface area contributed by atoms with Crippen LogP contribution in [0.3, 0.4) is 0 Å². The van der Waals surface area contributed by atoms with Crippen LogP contribution in [0.5, 0.6) is 0 Å². The van der Waals surface area contributed by atoms with Crippen molar-refractivity contribution in [3.05, 3.63) is 42.0 Å². The normalized spacial score (nSPS) is 23.9. The molecule has 0 bridgehead atoms. The van der Waals surface area contributed by atoms with Crippen molar-refractivity contribution in [3.63, 3.8) is 0 Å². The molecule has 2 aromatic rings. The molecule has 4 heterocycles. The predicted octanol–water partition coefficient (Wildman–Crippen LogP) is 1.75. The van der Waals surface area contributed by atoms with Crippen molar-refractivity contribution in [1.29, 1.82) is 0 Å². The van der Waals surface area contributed by atoms with Crippen LogP contribution in [0.25, 0.3) is 0 Å². The zero-order chi connectivity index (χ0) is 15.3. The summed E-state index contributed by atoms with van der Waals surface area (Å²) in [6, 6.07) is 1.71. The van der Waals surface area contributed by atoms with Gasteiger partial charge in [-0.1, -0.05) is 0 Å². The maximum absolute atomic E-state index is 12.4. The highest BCUT2D eigenvalue weighted by Crippen LogP contribution is 2.48. The average Bonchev–Trinajstić information content (AvgIpc) is 3.14. The third-order valence-corrected chi connectivity index (χ3v) is 4.82. The molecule has 0 aliphatic carbocycles. The van der Waals surface area contributed by atoms with Crippen molar-refractivity contribution in [3.8, 4) is 0 Å². The van der Waals surface area contributed by atoms with E-state index >= 15 is 0 Å². The van der Waals surface area contributed by atoms with Crippen LogP contribution >= 0.6 is 0 Å². The third-order valence-electron chi connectivity index (χ3n) is 4.82. The monoisotopic (exact) mass is 301 g/mol. The van der Waals surface area contributed by atoms with Gasteiger partial charge in [-0.25, -0.2) is 4.98 Å². The Labute approximate surface area is 128 Å². The molecule has 0 radical (unpaired) electrons. The molecule has 22 heavy (non-hydrogen) atoms. The molecule has 2 aliphatic rings. The summed E-state index contributed by atoms with van der Waals surface area (Å²) in [5.74, 6) is 1.93. The molecule has 1 spiro atoms. The van der Waals surface area contributed by atoms with Crippen LogP contribution < -0.4 is 0 Å². The quantitative estimate of drug-likeness (QED) is 0.845. The number of oxazole rings is 1. The maximum Gasteiger partial charge on any atom is 0.257 e. The van der Waals surface area contributed by atoms with E-state index in [0.717, 1.165) is 37.8 Å². The molecule has 4 rings (SSSR count). The lowest BCUT2D eigenvalue weighted by molar-refractivity contribution is 0.000459.